The Hall–Kier alpha value is -4.77. The summed E-state index contributed by atoms with van der Waals surface area (Å²) in [5, 5.41) is 0. The molecule has 0 spiro atoms. The molecule has 5 nitrogen and oxygen atoms in total. The molecule has 5 rings (SSSR count). The highest BCUT2D eigenvalue weighted by Gasteiger charge is 2.52. The van der Waals surface area contributed by atoms with Crippen molar-refractivity contribution >= 4 is 23.3 Å². The second kappa shape index (κ2) is 11.1. The Balaban J connectivity index is 1.53. The van der Waals surface area contributed by atoms with E-state index in [0.717, 1.165) is 5.56 Å². The zero-order valence-corrected chi connectivity index (χ0v) is 20.7. The molecule has 0 fully saturated rings. The molecule has 4 aromatic rings. The second-order valence-electron chi connectivity index (χ2n) is 9.17. The van der Waals surface area contributed by atoms with Crippen LogP contribution < -0.4 is 0 Å². The molecule has 0 N–H and O–H groups in total. The number of benzene rings is 4. The molecule has 1 heterocycles. The van der Waals surface area contributed by atoms with Crippen molar-refractivity contribution in [2.45, 2.75) is 25.0 Å². The third-order valence-electron chi connectivity index (χ3n) is 6.51. The van der Waals surface area contributed by atoms with Crippen molar-refractivity contribution in [2.24, 2.45) is 0 Å². The van der Waals surface area contributed by atoms with Gasteiger partial charge in [-0.25, -0.2) is 4.79 Å². The van der Waals surface area contributed by atoms with Crippen molar-refractivity contribution < 1.29 is 23.9 Å². The zero-order valence-electron chi connectivity index (χ0n) is 20.7. The van der Waals surface area contributed by atoms with Gasteiger partial charge in [-0.05, 0) is 5.56 Å². The molecule has 0 radical (unpaired) electrons. The van der Waals surface area contributed by atoms with Crippen LogP contribution >= 0.6 is 0 Å². The van der Waals surface area contributed by atoms with Crippen molar-refractivity contribution in [3.05, 3.63) is 149 Å². The van der Waals surface area contributed by atoms with Gasteiger partial charge in [-0.1, -0.05) is 121 Å². The normalized spacial score (nSPS) is 16.5. The molecule has 1 atom stereocenters. The molecule has 1 aliphatic heterocycles. The predicted octanol–water partition coefficient (Wildman–Crippen LogP) is 6.46. The van der Waals surface area contributed by atoms with Crippen LogP contribution in [0, 0.1) is 0 Å². The lowest BCUT2D eigenvalue weighted by molar-refractivity contribution is -0.164. The van der Waals surface area contributed by atoms with Crippen molar-refractivity contribution in [2.75, 3.05) is 0 Å². The molecule has 0 saturated carbocycles. The molecule has 0 saturated heterocycles. The smallest absolute Gasteiger partial charge is 0.351 e. The predicted molar refractivity (Wildman–Crippen MR) is 144 cm³/mol. The lowest BCUT2D eigenvalue weighted by Crippen LogP contribution is -2.42. The van der Waals surface area contributed by atoms with Gasteiger partial charge in [-0.3, -0.25) is 9.59 Å². The number of carbonyl (C=O) groups is 3. The number of ether oxygens (including phenoxy) is 2. The Morgan fingerprint density at radius 3 is 1.82 bits per heavy atom. The zero-order chi connectivity index (χ0) is 26.4. The summed E-state index contributed by atoms with van der Waals surface area (Å²) in [5.41, 5.74) is 1.03. The molecule has 0 amide bonds. The van der Waals surface area contributed by atoms with Gasteiger partial charge in [-0.15, -0.1) is 0 Å². The number of rotatable bonds is 9. The average molecular weight is 503 g/mol. The van der Waals surface area contributed by atoms with Crippen LogP contribution in [0.1, 0.15) is 44.7 Å². The van der Waals surface area contributed by atoms with Gasteiger partial charge in [-0.2, -0.15) is 0 Å². The van der Waals surface area contributed by atoms with E-state index in [-0.39, 0.29) is 36.8 Å². The number of hydrogen-bond donors (Lipinski definition) is 0. The molecule has 0 bridgehead atoms. The van der Waals surface area contributed by atoms with Crippen LogP contribution in [-0.4, -0.2) is 23.1 Å². The molecule has 0 aliphatic carbocycles. The van der Waals surface area contributed by atoms with Crippen molar-refractivity contribution in [3.63, 3.8) is 0 Å². The first-order valence-electron chi connectivity index (χ1n) is 12.4. The monoisotopic (exact) mass is 502 g/mol. The van der Waals surface area contributed by atoms with Crippen molar-refractivity contribution in [1.82, 2.24) is 0 Å². The van der Waals surface area contributed by atoms with Crippen LogP contribution in [-0.2, 0) is 20.9 Å². The third kappa shape index (κ3) is 5.32. The molecule has 188 valence electrons. The first-order chi connectivity index (χ1) is 18.6. The number of hydrogen-bond acceptors (Lipinski definition) is 5. The van der Waals surface area contributed by atoms with E-state index in [1.165, 1.54) is 0 Å². The molecule has 4 aromatic carbocycles. The van der Waals surface area contributed by atoms with Gasteiger partial charge >= 0.3 is 5.97 Å². The van der Waals surface area contributed by atoms with E-state index in [9.17, 15) is 14.4 Å². The van der Waals surface area contributed by atoms with Crippen molar-refractivity contribution in [3.8, 4) is 0 Å². The van der Waals surface area contributed by atoms with Crippen LogP contribution in [0.2, 0.25) is 0 Å². The van der Waals surface area contributed by atoms with E-state index >= 15 is 0 Å². The minimum Gasteiger partial charge on any atom is -0.474 e. The number of esters is 1. The standard InChI is InChI=1S/C33H26O5/c34-29(25-15-7-2-8-16-25)22-33(32(36)37-23-24-13-5-1-6-14-24)21-28(30(35)26-17-9-3-10-18-26)31(38-33)27-19-11-4-12-20-27/h1-20H,21-23H2. The minimum absolute atomic E-state index is 0.0208. The van der Waals surface area contributed by atoms with Crippen LogP contribution in [0.5, 0.6) is 0 Å². The van der Waals surface area contributed by atoms with Gasteiger partial charge in [0.2, 0.25) is 5.60 Å². The molecule has 38 heavy (non-hydrogen) atoms. The summed E-state index contributed by atoms with van der Waals surface area (Å²) in [6.07, 6.45) is -0.357. The van der Waals surface area contributed by atoms with Gasteiger partial charge in [0.05, 0.1) is 6.42 Å². The third-order valence-corrected chi connectivity index (χ3v) is 6.51. The summed E-state index contributed by atoms with van der Waals surface area (Å²) in [4.78, 5) is 40.8. The maximum atomic E-state index is 13.8. The Bertz CT molecular complexity index is 1460. The van der Waals surface area contributed by atoms with E-state index < -0.39 is 11.6 Å². The molecule has 1 aliphatic rings. The van der Waals surface area contributed by atoms with Crippen LogP contribution in [0.15, 0.2) is 127 Å². The van der Waals surface area contributed by atoms with E-state index in [0.29, 0.717) is 22.3 Å². The first-order valence-corrected chi connectivity index (χ1v) is 12.4. The second-order valence-corrected chi connectivity index (χ2v) is 9.17. The van der Waals surface area contributed by atoms with Gasteiger partial charge in [0.1, 0.15) is 12.4 Å². The fourth-order valence-electron chi connectivity index (χ4n) is 4.55. The minimum atomic E-state index is -1.69. The summed E-state index contributed by atoms with van der Waals surface area (Å²) in [6, 6.07) is 36.0. The van der Waals surface area contributed by atoms with Gasteiger partial charge in [0.15, 0.2) is 11.6 Å². The fourth-order valence-corrected chi connectivity index (χ4v) is 4.55. The Morgan fingerprint density at radius 2 is 1.21 bits per heavy atom. The van der Waals surface area contributed by atoms with E-state index in [1.54, 1.807) is 48.5 Å². The molecule has 5 heteroatoms. The fraction of sp³-hybridized carbons (Fsp3) is 0.121. The van der Waals surface area contributed by atoms with E-state index in [2.05, 4.69) is 0 Å². The topological polar surface area (TPSA) is 69.7 Å². The molecule has 0 aromatic heterocycles. The first kappa shape index (κ1) is 24.9. The largest absolute Gasteiger partial charge is 0.474 e. The summed E-state index contributed by atoms with van der Waals surface area (Å²) >= 11 is 0. The van der Waals surface area contributed by atoms with Crippen LogP contribution in [0.4, 0.5) is 0 Å². The number of ketones is 2. The number of Topliss-reactive ketones (excluding diaryl/α,β-unsaturated/α-hetero) is 2. The van der Waals surface area contributed by atoms with Gasteiger partial charge in [0, 0.05) is 28.7 Å². The highest BCUT2D eigenvalue weighted by atomic mass is 16.6. The molecular formula is C33H26O5. The van der Waals surface area contributed by atoms with E-state index in [4.69, 9.17) is 9.47 Å². The Labute approximate surface area is 221 Å². The van der Waals surface area contributed by atoms with Crippen molar-refractivity contribution in [1.29, 1.82) is 0 Å². The van der Waals surface area contributed by atoms with E-state index in [1.807, 2.05) is 72.8 Å². The number of carbonyl (C=O) groups excluding carboxylic acids is 3. The maximum Gasteiger partial charge on any atom is 0.351 e. The summed E-state index contributed by atoms with van der Waals surface area (Å²) in [6.45, 7) is 0.0208. The lowest BCUT2D eigenvalue weighted by Gasteiger charge is -2.27. The van der Waals surface area contributed by atoms with Gasteiger partial charge < -0.3 is 9.47 Å². The Kier molecular flexibility index (Phi) is 7.27. The Morgan fingerprint density at radius 1 is 0.684 bits per heavy atom. The molecular weight excluding hydrogens is 476 g/mol. The lowest BCUT2D eigenvalue weighted by atomic mass is 9.86. The average Bonchev–Trinajstić information content (AvgIpc) is 3.38. The highest BCUT2D eigenvalue weighted by molar-refractivity contribution is 6.14. The summed E-state index contributed by atoms with van der Waals surface area (Å²) in [5.74, 6) is -0.927. The summed E-state index contributed by atoms with van der Waals surface area (Å²) < 4.78 is 12.1. The molecule has 1 unspecified atom stereocenters. The highest BCUT2D eigenvalue weighted by Crippen LogP contribution is 2.44. The van der Waals surface area contributed by atoms with Gasteiger partial charge in [0.25, 0.3) is 0 Å². The van der Waals surface area contributed by atoms with Crippen LogP contribution in [0.3, 0.4) is 0 Å². The maximum absolute atomic E-state index is 13.8. The quantitative estimate of drug-likeness (QED) is 0.194. The van der Waals surface area contributed by atoms with Crippen LogP contribution in [0.25, 0.3) is 5.76 Å². The SMILES string of the molecule is O=C(CC1(C(=O)OCc2ccccc2)CC(C(=O)c2ccccc2)=C(c2ccccc2)O1)c1ccccc1. The summed E-state index contributed by atoms with van der Waals surface area (Å²) in [7, 11) is 0.